The molecular weight excluding hydrogens is 456 g/mol. The van der Waals surface area contributed by atoms with Gasteiger partial charge in [-0.1, -0.05) is 67.4 Å². The van der Waals surface area contributed by atoms with Crippen molar-refractivity contribution in [1.82, 2.24) is 5.32 Å². The van der Waals surface area contributed by atoms with Crippen LogP contribution in [0.25, 0.3) is 0 Å². The molecule has 0 saturated carbocycles. The molecule has 0 bridgehead atoms. The van der Waals surface area contributed by atoms with E-state index < -0.39 is 10.0 Å². The number of halogens is 1. The third-order valence-corrected chi connectivity index (χ3v) is 7.65. The maximum atomic E-state index is 13.8. The predicted octanol–water partition coefficient (Wildman–Crippen LogP) is 5.82. The molecule has 5 nitrogen and oxygen atoms in total. The molecule has 174 valence electrons. The minimum atomic E-state index is -3.96. The Bertz CT molecular complexity index is 1210. The molecule has 0 aliphatic heterocycles. The highest BCUT2D eigenvalue weighted by Crippen LogP contribution is 2.30. The van der Waals surface area contributed by atoms with Gasteiger partial charge in [0.05, 0.1) is 22.7 Å². The highest BCUT2D eigenvalue weighted by molar-refractivity contribution is 7.92. The van der Waals surface area contributed by atoms with Crippen molar-refractivity contribution in [2.45, 2.75) is 45.2 Å². The third kappa shape index (κ3) is 5.95. The van der Waals surface area contributed by atoms with E-state index in [-0.39, 0.29) is 29.3 Å². The van der Waals surface area contributed by atoms with Crippen molar-refractivity contribution in [2.24, 2.45) is 5.92 Å². The second-order valence-corrected chi connectivity index (χ2v) is 10.8. The van der Waals surface area contributed by atoms with E-state index >= 15 is 0 Å². The van der Waals surface area contributed by atoms with Gasteiger partial charge in [-0.2, -0.15) is 0 Å². The van der Waals surface area contributed by atoms with Gasteiger partial charge >= 0.3 is 0 Å². The normalized spacial score (nSPS) is 12.4. The van der Waals surface area contributed by atoms with Gasteiger partial charge in [-0.3, -0.25) is 9.10 Å². The van der Waals surface area contributed by atoms with Crippen LogP contribution in [0.2, 0.25) is 5.02 Å². The lowest BCUT2D eigenvalue weighted by molar-refractivity contribution is 0.0931. The summed E-state index contributed by atoms with van der Waals surface area (Å²) in [6.45, 7) is 7.92. The van der Waals surface area contributed by atoms with E-state index in [1.165, 1.54) is 4.31 Å². The summed E-state index contributed by atoms with van der Waals surface area (Å²) in [6.07, 6.45) is 0. The standard InChI is InChI=1S/C26H29ClN2O3S/c1-18(2)20(4)28-26(30)24-7-5-6-8-25(24)29(17-21-11-13-22(27)14-12-21)33(31,32)23-15-9-19(3)10-16-23/h5-16,18,20H,17H2,1-4H3,(H,28,30)/t20-/m1/s1. The number of carbonyl (C=O) groups excluding carboxylic acids is 1. The van der Waals surface area contributed by atoms with Gasteiger partial charge in [0.25, 0.3) is 15.9 Å². The summed E-state index contributed by atoms with van der Waals surface area (Å²) in [5, 5.41) is 3.55. The number of aryl methyl sites for hydroxylation is 1. The van der Waals surface area contributed by atoms with Crippen LogP contribution in [0.3, 0.4) is 0 Å². The van der Waals surface area contributed by atoms with E-state index in [1.54, 1.807) is 72.8 Å². The molecule has 7 heteroatoms. The first-order valence-electron chi connectivity index (χ1n) is 10.8. The summed E-state index contributed by atoms with van der Waals surface area (Å²) in [5.41, 5.74) is 2.33. The molecule has 3 aromatic carbocycles. The van der Waals surface area contributed by atoms with Crippen molar-refractivity contribution in [3.63, 3.8) is 0 Å². The average Bonchev–Trinajstić information content (AvgIpc) is 2.78. The first-order valence-corrected chi connectivity index (χ1v) is 12.6. The topological polar surface area (TPSA) is 66.5 Å². The Labute approximate surface area is 201 Å². The molecular formula is C26H29ClN2O3S. The van der Waals surface area contributed by atoms with E-state index in [1.807, 2.05) is 27.7 Å². The maximum Gasteiger partial charge on any atom is 0.264 e. The minimum Gasteiger partial charge on any atom is -0.349 e. The second kappa shape index (κ2) is 10.4. The Morgan fingerprint density at radius 1 is 0.939 bits per heavy atom. The molecule has 0 aliphatic carbocycles. The summed E-state index contributed by atoms with van der Waals surface area (Å²) in [6, 6.07) is 20.4. The summed E-state index contributed by atoms with van der Waals surface area (Å²) >= 11 is 6.02. The van der Waals surface area contributed by atoms with Crippen molar-refractivity contribution in [3.05, 3.63) is 94.5 Å². The number of nitrogens with zero attached hydrogens (tertiary/aromatic N) is 1. The van der Waals surface area contributed by atoms with E-state index in [0.717, 1.165) is 11.1 Å². The van der Waals surface area contributed by atoms with Crippen LogP contribution in [0.5, 0.6) is 0 Å². The average molecular weight is 485 g/mol. The molecule has 3 aromatic rings. The Balaban J connectivity index is 2.11. The lowest BCUT2D eigenvalue weighted by atomic mass is 10.1. The van der Waals surface area contributed by atoms with Gasteiger partial charge in [0, 0.05) is 11.1 Å². The van der Waals surface area contributed by atoms with Gasteiger partial charge in [0.1, 0.15) is 0 Å². The molecule has 0 heterocycles. The first kappa shape index (κ1) is 24.8. The molecule has 0 aromatic heterocycles. The van der Waals surface area contributed by atoms with Gasteiger partial charge in [0.2, 0.25) is 0 Å². The number of nitrogens with one attached hydrogen (secondary N) is 1. The zero-order valence-corrected chi connectivity index (χ0v) is 20.8. The van der Waals surface area contributed by atoms with E-state index in [9.17, 15) is 13.2 Å². The number of para-hydroxylation sites is 1. The SMILES string of the molecule is Cc1ccc(S(=O)(=O)N(Cc2ccc(Cl)cc2)c2ccccc2C(=O)N[C@H](C)C(C)C)cc1. The van der Waals surface area contributed by atoms with Crippen LogP contribution < -0.4 is 9.62 Å². The van der Waals surface area contributed by atoms with Crippen molar-refractivity contribution in [1.29, 1.82) is 0 Å². The molecule has 0 unspecified atom stereocenters. The van der Waals surface area contributed by atoms with Gasteiger partial charge < -0.3 is 5.32 Å². The van der Waals surface area contributed by atoms with Crippen molar-refractivity contribution in [3.8, 4) is 0 Å². The molecule has 33 heavy (non-hydrogen) atoms. The third-order valence-electron chi connectivity index (χ3n) is 5.62. The van der Waals surface area contributed by atoms with Crippen molar-refractivity contribution >= 4 is 33.2 Å². The quantitative estimate of drug-likeness (QED) is 0.438. The monoisotopic (exact) mass is 484 g/mol. The Kier molecular flexibility index (Phi) is 7.82. The Hall–Kier alpha value is -2.83. The number of benzene rings is 3. The van der Waals surface area contributed by atoms with Crippen LogP contribution in [0, 0.1) is 12.8 Å². The molecule has 0 saturated heterocycles. The number of hydrogen-bond donors (Lipinski definition) is 1. The van der Waals surface area contributed by atoms with Crippen LogP contribution >= 0.6 is 11.6 Å². The molecule has 1 atom stereocenters. The highest BCUT2D eigenvalue weighted by Gasteiger charge is 2.29. The van der Waals surface area contributed by atoms with E-state index in [2.05, 4.69) is 5.32 Å². The Morgan fingerprint density at radius 3 is 2.15 bits per heavy atom. The van der Waals surface area contributed by atoms with Gasteiger partial charge in [-0.15, -0.1) is 0 Å². The van der Waals surface area contributed by atoms with Crippen LogP contribution in [-0.4, -0.2) is 20.4 Å². The molecule has 0 fully saturated rings. The molecule has 0 aliphatic rings. The molecule has 0 radical (unpaired) electrons. The summed E-state index contributed by atoms with van der Waals surface area (Å²) in [5.74, 6) is -0.0745. The largest absolute Gasteiger partial charge is 0.349 e. The summed E-state index contributed by atoms with van der Waals surface area (Å²) < 4.78 is 28.9. The second-order valence-electron chi connectivity index (χ2n) is 8.47. The smallest absolute Gasteiger partial charge is 0.264 e. The Morgan fingerprint density at radius 2 is 1.55 bits per heavy atom. The minimum absolute atomic E-state index is 0.0530. The number of sulfonamides is 1. The number of carbonyl (C=O) groups is 1. The first-order chi connectivity index (χ1) is 15.6. The lowest BCUT2D eigenvalue weighted by Crippen LogP contribution is -2.38. The zero-order chi connectivity index (χ0) is 24.2. The predicted molar refractivity (Wildman–Crippen MR) is 134 cm³/mol. The zero-order valence-electron chi connectivity index (χ0n) is 19.2. The van der Waals surface area contributed by atoms with Crippen LogP contribution in [-0.2, 0) is 16.6 Å². The van der Waals surface area contributed by atoms with Gasteiger partial charge in [0.15, 0.2) is 0 Å². The van der Waals surface area contributed by atoms with E-state index in [0.29, 0.717) is 16.3 Å². The number of rotatable bonds is 8. The fraction of sp³-hybridized carbons (Fsp3) is 0.269. The number of amides is 1. The lowest BCUT2D eigenvalue weighted by Gasteiger charge is -2.27. The highest BCUT2D eigenvalue weighted by atomic mass is 35.5. The summed E-state index contributed by atoms with van der Waals surface area (Å²) in [7, 11) is -3.96. The maximum absolute atomic E-state index is 13.8. The summed E-state index contributed by atoms with van der Waals surface area (Å²) in [4.78, 5) is 13.3. The van der Waals surface area contributed by atoms with Gasteiger partial charge in [-0.05, 0) is 61.7 Å². The number of hydrogen-bond acceptors (Lipinski definition) is 3. The van der Waals surface area contributed by atoms with Crippen LogP contribution in [0.4, 0.5) is 5.69 Å². The molecule has 1 amide bonds. The van der Waals surface area contributed by atoms with E-state index in [4.69, 9.17) is 11.6 Å². The molecule has 0 spiro atoms. The van der Waals surface area contributed by atoms with Crippen LogP contribution in [0.1, 0.15) is 42.3 Å². The van der Waals surface area contributed by atoms with Crippen LogP contribution in [0.15, 0.2) is 77.7 Å². The fourth-order valence-corrected chi connectivity index (χ4v) is 4.82. The van der Waals surface area contributed by atoms with Crippen molar-refractivity contribution in [2.75, 3.05) is 4.31 Å². The molecule has 3 rings (SSSR count). The van der Waals surface area contributed by atoms with Crippen molar-refractivity contribution < 1.29 is 13.2 Å². The van der Waals surface area contributed by atoms with Gasteiger partial charge in [-0.25, -0.2) is 8.42 Å². The number of anilines is 1. The fourth-order valence-electron chi connectivity index (χ4n) is 3.23. The molecule has 1 N–H and O–H groups in total.